The Hall–Kier alpha value is -4.13. The van der Waals surface area contributed by atoms with Crippen LogP contribution in [0.25, 0.3) is 11.1 Å². The minimum atomic E-state index is -1.11. The van der Waals surface area contributed by atoms with Gasteiger partial charge in [0, 0.05) is 13.0 Å². The van der Waals surface area contributed by atoms with E-state index in [4.69, 9.17) is 11.6 Å². The van der Waals surface area contributed by atoms with E-state index in [9.17, 15) is 19.8 Å². The zero-order valence-corrected chi connectivity index (χ0v) is 21.5. The number of halogens is 1. The number of benzene rings is 4. The molecule has 0 aromatic heterocycles. The molecule has 7 heteroatoms. The van der Waals surface area contributed by atoms with Crippen LogP contribution in [0.4, 0.5) is 0 Å². The number of aliphatic carboxylic acids is 1. The highest BCUT2D eigenvalue weighted by molar-refractivity contribution is 6.33. The minimum Gasteiger partial charge on any atom is -0.508 e. The number of carboxylic acid groups (broad SMARTS) is 1. The lowest BCUT2D eigenvalue weighted by Crippen LogP contribution is -2.42. The molecule has 4 aromatic carbocycles. The van der Waals surface area contributed by atoms with Crippen LogP contribution in [0.3, 0.4) is 0 Å². The van der Waals surface area contributed by atoms with Gasteiger partial charge in [-0.2, -0.15) is 0 Å². The maximum absolute atomic E-state index is 12.5. The predicted octanol–water partition coefficient (Wildman–Crippen LogP) is 5.47. The van der Waals surface area contributed by atoms with Crippen molar-refractivity contribution >= 4 is 23.5 Å². The molecule has 0 aliphatic heterocycles. The van der Waals surface area contributed by atoms with Crippen molar-refractivity contribution in [3.05, 3.63) is 124 Å². The van der Waals surface area contributed by atoms with Crippen LogP contribution in [0.2, 0.25) is 5.02 Å². The molecule has 0 aliphatic carbocycles. The number of aromatic hydroxyl groups is 1. The smallest absolute Gasteiger partial charge is 0.326 e. The van der Waals surface area contributed by atoms with Crippen molar-refractivity contribution in [2.45, 2.75) is 25.4 Å². The summed E-state index contributed by atoms with van der Waals surface area (Å²) >= 11 is 6.07. The molecule has 0 radical (unpaired) electrons. The Bertz CT molecular complexity index is 1370. The largest absolute Gasteiger partial charge is 0.508 e. The van der Waals surface area contributed by atoms with E-state index in [1.807, 2.05) is 36.4 Å². The van der Waals surface area contributed by atoms with Gasteiger partial charge in [-0.3, -0.25) is 4.79 Å². The minimum absolute atomic E-state index is 0.153. The number of phenolic OH excluding ortho intramolecular Hbond substituents is 1. The molecule has 1 amide bonds. The van der Waals surface area contributed by atoms with Gasteiger partial charge in [-0.15, -0.1) is 0 Å². The summed E-state index contributed by atoms with van der Waals surface area (Å²) in [7, 11) is 0. The highest BCUT2D eigenvalue weighted by Crippen LogP contribution is 2.21. The van der Waals surface area contributed by atoms with E-state index in [1.54, 1.807) is 36.4 Å². The highest BCUT2D eigenvalue weighted by Gasteiger charge is 2.22. The average molecular weight is 529 g/mol. The van der Waals surface area contributed by atoms with Crippen LogP contribution in [0.5, 0.6) is 5.75 Å². The number of hydrogen-bond acceptors (Lipinski definition) is 4. The van der Waals surface area contributed by atoms with Crippen molar-refractivity contribution in [1.82, 2.24) is 10.6 Å². The summed E-state index contributed by atoms with van der Waals surface area (Å²) in [6, 6.07) is 28.7. The first kappa shape index (κ1) is 26.9. The number of amides is 1. The van der Waals surface area contributed by atoms with Gasteiger partial charge in [0.2, 0.25) is 0 Å². The van der Waals surface area contributed by atoms with E-state index >= 15 is 0 Å². The number of carbonyl (C=O) groups excluding carboxylic acids is 1. The summed E-state index contributed by atoms with van der Waals surface area (Å²) in [5.41, 5.74) is 5.47. The van der Waals surface area contributed by atoms with Crippen LogP contribution in [0.15, 0.2) is 97.1 Å². The fraction of sp³-hybridized carbons (Fsp3) is 0.161. The summed E-state index contributed by atoms with van der Waals surface area (Å²) in [4.78, 5) is 24.3. The molecule has 1 atom stereocenters. The van der Waals surface area contributed by atoms with E-state index < -0.39 is 17.9 Å². The molecule has 0 spiro atoms. The van der Waals surface area contributed by atoms with Gasteiger partial charge in [-0.05, 0) is 65.0 Å². The van der Waals surface area contributed by atoms with Crippen molar-refractivity contribution in [3.63, 3.8) is 0 Å². The molecule has 194 valence electrons. The van der Waals surface area contributed by atoms with Gasteiger partial charge in [-0.1, -0.05) is 84.4 Å². The lowest BCUT2D eigenvalue weighted by molar-refractivity contribution is -0.139. The molecule has 4 N–H and O–H groups in total. The standard InChI is InChI=1S/C31H29ClN2O4/c32-28-4-2-1-3-27(28)30(36)34-29(31(37)38)19-22-5-11-24(12-6-22)25-13-7-23(8-14-25)20-33-18-17-21-9-15-26(35)16-10-21/h1-16,29,33,35H,17-20H2,(H,34,36)(H,37,38)/t29-/m0/s1. The van der Waals surface area contributed by atoms with Crippen LogP contribution in [0, 0.1) is 0 Å². The molecule has 4 rings (SSSR count). The Labute approximate surface area is 226 Å². The molecular formula is C31H29ClN2O4. The summed E-state index contributed by atoms with van der Waals surface area (Å²) < 4.78 is 0. The first-order chi connectivity index (χ1) is 18.4. The highest BCUT2D eigenvalue weighted by atomic mass is 35.5. The van der Waals surface area contributed by atoms with E-state index in [0.29, 0.717) is 0 Å². The molecule has 0 fully saturated rings. The first-order valence-electron chi connectivity index (χ1n) is 12.3. The van der Waals surface area contributed by atoms with Gasteiger partial charge >= 0.3 is 5.97 Å². The van der Waals surface area contributed by atoms with Gasteiger partial charge in [0.15, 0.2) is 0 Å². The summed E-state index contributed by atoms with van der Waals surface area (Å²) in [5, 5.41) is 25.3. The fourth-order valence-electron chi connectivity index (χ4n) is 4.09. The second-order valence-corrected chi connectivity index (χ2v) is 9.44. The van der Waals surface area contributed by atoms with Crippen molar-refractivity contribution in [2.24, 2.45) is 0 Å². The molecule has 0 heterocycles. The Morgan fingerprint density at radius 3 is 1.95 bits per heavy atom. The maximum Gasteiger partial charge on any atom is 0.326 e. The van der Waals surface area contributed by atoms with E-state index in [1.165, 1.54) is 11.1 Å². The van der Waals surface area contributed by atoms with Gasteiger partial charge in [0.1, 0.15) is 11.8 Å². The maximum atomic E-state index is 12.5. The summed E-state index contributed by atoms with van der Waals surface area (Å²) in [5.74, 6) is -1.35. The Morgan fingerprint density at radius 1 is 0.763 bits per heavy atom. The molecule has 0 saturated carbocycles. The second-order valence-electron chi connectivity index (χ2n) is 9.04. The third kappa shape index (κ3) is 7.44. The summed E-state index contributed by atoms with van der Waals surface area (Å²) in [6.45, 7) is 1.60. The van der Waals surface area contributed by atoms with Gasteiger partial charge in [0.05, 0.1) is 10.6 Å². The lowest BCUT2D eigenvalue weighted by atomic mass is 9.99. The van der Waals surface area contributed by atoms with Crippen LogP contribution in [-0.2, 0) is 24.2 Å². The number of carboxylic acids is 1. The predicted molar refractivity (Wildman–Crippen MR) is 149 cm³/mol. The fourth-order valence-corrected chi connectivity index (χ4v) is 4.32. The molecule has 0 aliphatic rings. The second kappa shape index (κ2) is 12.9. The Kier molecular flexibility index (Phi) is 9.14. The molecule has 4 aromatic rings. The van der Waals surface area contributed by atoms with Crippen LogP contribution in [0.1, 0.15) is 27.0 Å². The SMILES string of the molecule is O=C(N[C@@H](Cc1ccc(-c2ccc(CNCCc3ccc(O)cc3)cc2)cc1)C(=O)O)c1ccccc1Cl. The molecule has 0 unspecified atom stereocenters. The average Bonchev–Trinajstić information content (AvgIpc) is 2.92. The third-order valence-electron chi connectivity index (χ3n) is 6.26. The number of nitrogens with one attached hydrogen (secondary N) is 2. The van der Waals surface area contributed by atoms with Crippen LogP contribution in [-0.4, -0.2) is 34.7 Å². The van der Waals surface area contributed by atoms with E-state index in [2.05, 4.69) is 34.9 Å². The summed E-state index contributed by atoms with van der Waals surface area (Å²) in [6.07, 6.45) is 1.04. The number of rotatable bonds is 11. The molecule has 0 bridgehead atoms. The number of hydrogen-bond donors (Lipinski definition) is 4. The molecular weight excluding hydrogens is 500 g/mol. The molecule has 0 saturated heterocycles. The van der Waals surface area contributed by atoms with Crippen molar-refractivity contribution in [1.29, 1.82) is 0 Å². The van der Waals surface area contributed by atoms with Gasteiger partial charge in [-0.25, -0.2) is 4.79 Å². The van der Waals surface area contributed by atoms with E-state index in [-0.39, 0.29) is 22.8 Å². The quantitative estimate of drug-likeness (QED) is 0.193. The third-order valence-corrected chi connectivity index (χ3v) is 6.59. The van der Waals surface area contributed by atoms with E-state index in [0.717, 1.165) is 36.2 Å². The number of phenols is 1. The monoisotopic (exact) mass is 528 g/mol. The van der Waals surface area contributed by atoms with Gasteiger partial charge < -0.3 is 20.8 Å². The van der Waals surface area contributed by atoms with Crippen molar-refractivity contribution in [3.8, 4) is 16.9 Å². The van der Waals surface area contributed by atoms with Crippen LogP contribution < -0.4 is 10.6 Å². The zero-order valence-electron chi connectivity index (χ0n) is 20.7. The van der Waals surface area contributed by atoms with Crippen molar-refractivity contribution < 1.29 is 19.8 Å². The number of carbonyl (C=O) groups is 2. The normalized spacial score (nSPS) is 11.6. The Morgan fingerprint density at radius 2 is 1.34 bits per heavy atom. The topological polar surface area (TPSA) is 98.7 Å². The zero-order chi connectivity index (χ0) is 26.9. The van der Waals surface area contributed by atoms with Crippen molar-refractivity contribution in [2.75, 3.05) is 6.54 Å². The van der Waals surface area contributed by atoms with Crippen LogP contribution >= 0.6 is 11.6 Å². The van der Waals surface area contributed by atoms with Gasteiger partial charge in [0.25, 0.3) is 5.91 Å². The first-order valence-corrected chi connectivity index (χ1v) is 12.7. The molecule has 38 heavy (non-hydrogen) atoms. The lowest BCUT2D eigenvalue weighted by Gasteiger charge is -2.15. The Balaban J connectivity index is 1.30. The molecule has 6 nitrogen and oxygen atoms in total.